The Morgan fingerprint density at radius 2 is 1.05 bits per heavy atom. The molecule has 0 atom stereocenters. The predicted octanol–water partition coefficient (Wildman–Crippen LogP) is 15.6. The van der Waals surface area contributed by atoms with Crippen LogP contribution in [0, 0.1) is 11.8 Å². The first-order valence-electron chi connectivity index (χ1n) is 22.3. The summed E-state index contributed by atoms with van der Waals surface area (Å²) in [6.45, 7) is 11.6. The quantitative estimate of drug-likeness (QED) is 0.0871. The molecule has 6 nitrogen and oxygen atoms in total. The molecule has 8 heterocycles. The highest BCUT2D eigenvalue weighted by Gasteiger charge is 2.28. The van der Waals surface area contributed by atoms with Gasteiger partial charge in [0.1, 0.15) is 22.4 Å². The van der Waals surface area contributed by atoms with Gasteiger partial charge in [-0.1, -0.05) is 97.8 Å². The summed E-state index contributed by atoms with van der Waals surface area (Å²) in [7, 11) is 0. The van der Waals surface area contributed by atoms with Crippen molar-refractivity contribution in [2.24, 2.45) is 11.8 Å². The molecule has 1 N–H and O–H groups in total. The summed E-state index contributed by atoms with van der Waals surface area (Å²) >= 11 is 9.20. The van der Waals surface area contributed by atoms with Crippen molar-refractivity contribution in [1.82, 2.24) is 18.7 Å². The van der Waals surface area contributed by atoms with Crippen LogP contribution in [0.25, 0.3) is 61.7 Å². The molecule has 7 aromatic rings. The highest BCUT2D eigenvalue weighted by Crippen LogP contribution is 2.50. The van der Waals surface area contributed by atoms with Gasteiger partial charge in [-0.3, -0.25) is 4.37 Å². The van der Waals surface area contributed by atoms with Crippen LogP contribution in [-0.2, 0) is 6.42 Å². The molecule has 0 bridgehead atoms. The van der Waals surface area contributed by atoms with Gasteiger partial charge in [0.25, 0.3) is 0 Å². The fourth-order valence-corrected chi connectivity index (χ4v) is 15.1. The van der Waals surface area contributed by atoms with Gasteiger partial charge in [0, 0.05) is 84.0 Å². The Morgan fingerprint density at radius 3 is 1.56 bits per heavy atom. The Bertz CT molecular complexity index is 2150. The highest BCUT2D eigenvalue weighted by atomic mass is 32.1. The summed E-state index contributed by atoms with van der Waals surface area (Å²) in [5.41, 5.74) is 6.48. The lowest BCUT2D eigenvalue weighted by molar-refractivity contribution is 0.367. The van der Waals surface area contributed by atoms with Crippen LogP contribution in [0.4, 0.5) is 10.0 Å². The van der Waals surface area contributed by atoms with Crippen molar-refractivity contribution < 1.29 is 0 Å². The van der Waals surface area contributed by atoms with E-state index in [-0.39, 0.29) is 0 Å². The molecule has 0 unspecified atom stereocenters. The molecule has 6 aromatic heterocycles. The molecule has 2 aliphatic rings. The number of aromatic amines is 1. The van der Waals surface area contributed by atoms with Gasteiger partial charge in [0.05, 0.1) is 15.5 Å². The smallest absolute Gasteiger partial charge is 0.129 e. The molecule has 0 aliphatic carbocycles. The van der Waals surface area contributed by atoms with Gasteiger partial charge in [-0.25, -0.2) is 9.97 Å². The monoisotopic (exact) mass is 856 g/mol. The van der Waals surface area contributed by atoms with Crippen LogP contribution in [0.15, 0.2) is 24.3 Å². The number of nitrogens with one attached hydrogen (secondary N) is 1. The number of imidazole rings is 1. The largest absolute Gasteiger partial charge is 0.363 e. The number of H-pyrrole nitrogens is 1. The molecule has 0 radical (unpaired) electrons. The first kappa shape index (κ1) is 39.9. The van der Waals surface area contributed by atoms with E-state index in [1.807, 2.05) is 45.3 Å². The average molecular weight is 857 g/mol. The molecule has 0 saturated carbocycles. The molecule has 2 saturated heterocycles. The predicted molar refractivity (Wildman–Crippen MR) is 255 cm³/mol. The SMILES string of the molecule is CCCCCCCC1CCN(c2cc3sc(-c4c5nc(CCC)nc5c(-c5cc6sc(N7CCC(CCCCCCC)CC7)cc6s5)c5[nH]snc45)cc3s2)CC1. The van der Waals surface area contributed by atoms with Gasteiger partial charge >= 0.3 is 0 Å². The van der Waals surface area contributed by atoms with Crippen molar-refractivity contribution in [3.63, 3.8) is 0 Å². The normalized spacial score (nSPS) is 16.2. The molecular formula is C46H60N6S5. The number of anilines is 2. The third-order valence-corrected chi connectivity index (χ3v) is 18.1. The number of rotatable bonds is 18. The van der Waals surface area contributed by atoms with Crippen molar-refractivity contribution in [3.8, 4) is 20.9 Å². The minimum absolute atomic E-state index is 0.883. The van der Waals surface area contributed by atoms with Crippen LogP contribution in [0.3, 0.4) is 0 Å². The summed E-state index contributed by atoms with van der Waals surface area (Å²) < 4.78 is 14.2. The standard InChI is InChI=1S/C46H60N6S5/c1-4-7-9-11-13-16-30-18-22-51(23-19-30)39-28-34-32(55-39)26-36(53-34)41-43-44(48-38(47-43)15-6-3)42(46-45(41)49-57-50-46)37-27-33-35(54-37)29-40(56-33)52-24-20-31(21-25-52)17-14-12-10-8-5-2/h26-31,49H,4-25H2,1-3H3. The number of thiophene rings is 4. The molecular weight excluding hydrogens is 797 g/mol. The van der Waals surface area contributed by atoms with E-state index >= 15 is 0 Å². The maximum atomic E-state index is 5.29. The summed E-state index contributed by atoms with van der Waals surface area (Å²) in [6.07, 6.45) is 24.1. The van der Waals surface area contributed by atoms with Crippen LogP contribution in [0.2, 0.25) is 0 Å². The number of hydrogen-bond donors (Lipinski definition) is 1. The van der Waals surface area contributed by atoms with E-state index in [1.54, 1.807) is 0 Å². The van der Waals surface area contributed by atoms with E-state index in [4.69, 9.17) is 14.3 Å². The van der Waals surface area contributed by atoms with Crippen LogP contribution < -0.4 is 9.80 Å². The third-order valence-electron chi connectivity index (χ3n) is 12.8. The average Bonchev–Trinajstić information content (AvgIpc) is 4.08. The Labute approximate surface area is 359 Å². The zero-order valence-electron chi connectivity index (χ0n) is 34.3. The first-order valence-corrected chi connectivity index (χ1v) is 26.4. The fraction of sp³-hybridized carbons (Fsp3) is 0.587. The zero-order chi connectivity index (χ0) is 38.7. The van der Waals surface area contributed by atoms with Gasteiger partial charge in [-0.15, -0.1) is 45.3 Å². The molecule has 2 fully saturated rings. The molecule has 57 heavy (non-hydrogen) atoms. The lowest BCUT2D eigenvalue weighted by Gasteiger charge is -2.32. The van der Waals surface area contributed by atoms with E-state index in [1.165, 1.54) is 185 Å². The Balaban J connectivity index is 0.944. The van der Waals surface area contributed by atoms with Gasteiger partial charge in [0.15, 0.2) is 0 Å². The van der Waals surface area contributed by atoms with E-state index in [2.05, 4.69) is 59.2 Å². The number of aryl methyl sites for hydroxylation is 1. The van der Waals surface area contributed by atoms with E-state index < -0.39 is 0 Å². The van der Waals surface area contributed by atoms with Gasteiger partial charge in [0.2, 0.25) is 0 Å². The number of hydrogen-bond acceptors (Lipinski definition) is 10. The van der Waals surface area contributed by atoms with E-state index in [0.717, 1.165) is 58.1 Å². The summed E-state index contributed by atoms with van der Waals surface area (Å²) in [4.78, 5) is 18.4. The molecule has 1 aromatic carbocycles. The van der Waals surface area contributed by atoms with Crippen molar-refractivity contribution in [2.45, 2.75) is 136 Å². The minimum atomic E-state index is 0.883. The highest BCUT2D eigenvalue weighted by molar-refractivity contribution is 7.32. The number of benzene rings is 1. The summed E-state index contributed by atoms with van der Waals surface area (Å²) in [5, 5.41) is 2.88. The van der Waals surface area contributed by atoms with Gasteiger partial charge < -0.3 is 9.80 Å². The summed E-state index contributed by atoms with van der Waals surface area (Å²) in [6, 6.07) is 9.75. The summed E-state index contributed by atoms with van der Waals surface area (Å²) in [5.74, 6) is 2.76. The van der Waals surface area contributed by atoms with E-state index in [0.29, 0.717) is 0 Å². The van der Waals surface area contributed by atoms with Crippen LogP contribution in [0.5, 0.6) is 0 Å². The van der Waals surface area contributed by atoms with Gasteiger partial charge in [-0.05, 0) is 68.2 Å². The fourth-order valence-electron chi connectivity index (χ4n) is 9.49. The third kappa shape index (κ3) is 8.57. The maximum Gasteiger partial charge on any atom is 0.129 e. The molecule has 9 rings (SSSR count). The molecule has 304 valence electrons. The first-order chi connectivity index (χ1) is 28.1. The second-order valence-electron chi connectivity index (χ2n) is 17.0. The Morgan fingerprint density at radius 1 is 0.561 bits per heavy atom. The van der Waals surface area contributed by atoms with E-state index in [9.17, 15) is 0 Å². The van der Waals surface area contributed by atoms with Gasteiger partial charge in [-0.2, -0.15) is 4.37 Å². The number of unbranched alkanes of at least 4 members (excludes halogenated alkanes) is 8. The van der Waals surface area contributed by atoms with Crippen LogP contribution >= 0.6 is 57.1 Å². The molecule has 11 heteroatoms. The second kappa shape index (κ2) is 18.4. The number of aromatic nitrogens is 4. The number of fused-ring (bicyclic) bond motifs is 4. The minimum Gasteiger partial charge on any atom is -0.363 e. The van der Waals surface area contributed by atoms with Crippen molar-refractivity contribution >= 4 is 108 Å². The molecule has 2 aliphatic heterocycles. The number of nitrogens with zero attached hydrogens (tertiary/aromatic N) is 5. The van der Waals surface area contributed by atoms with Crippen LogP contribution in [0.1, 0.15) is 136 Å². The number of piperidine rings is 2. The maximum absolute atomic E-state index is 5.29. The Hall–Kier alpha value is -2.57. The van der Waals surface area contributed by atoms with Crippen LogP contribution in [-0.4, -0.2) is 44.9 Å². The zero-order valence-corrected chi connectivity index (χ0v) is 38.4. The van der Waals surface area contributed by atoms with Crippen molar-refractivity contribution in [3.05, 3.63) is 30.1 Å². The molecule has 0 spiro atoms. The van der Waals surface area contributed by atoms with Crippen molar-refractivity contribution in [1.29, 1.82) is 0 Å². The Kier molecular flexibility index (Phi) is 12.8. The molecule has 0 amide bonds. The van der Waals surface area contributed by atoms with Crippen molar-refractivity contribution in [2.75, 3.05) is 36.0 Å². The lowest BCUT2D eigenvalue weighted by atomic mass is 9.91. The second-order valence-corrected chi connectivity index (χ2v) is 21.8. The topological polar surface area (TPSA) is 60.9 Å². The lowest BCUT2D eigenvalue weighted by Crippen LogP contribution is -2.33.